The van der Waals surface area contributed by atoms with Crippen LogP contribution in [0.15, 0.2) is 12.3 Å². The highest BCUT2D eigenvalue weighted by atomic mass is 16.2. The Morgan fingerprint density at radius 3 is 2.86 bits per heavy atom. The van der Waals surface area contributed by atoms with E-state index in [1.807, 2.05) is 6.20 Å². The van der Waals surface area contributed by atoms with Crippen molar-refractivity contribution < 1.29 is 4.79 Å². The second-order valence-corrected chi connectivity index (χ2v) is 4.02. The smallest absolute Gasteiger partial charge is 0.232 e. The molecule has 0 spiro atoms. The first-order valence-electron chi connectivity index (χ1n) is 4.85. The molecular weight excluding hydrogens is 176 g/mol. The highest BCUT2D eigenvalue weighted by molar-refractivity contribution is 6.00. The van der Waals surface area contributed by atoms with Crippen LogP contribution in [0.25, 0.3) is 0 Å². The van der Waals surface area contributed by atoms with Gasteiger partial charge in [0.1, 0.15) is 0 Å². The van der Waals surface area contributed by atoms with Crippen LogP contribution >= 0.6 is 0 Å². The lowest BCUT2D eigenvalue weighted by molar-refractivity contribution is -0.117. The normalized spacial score (nSPS) is 15.1. The van der Waals surface area contributed by atoms with Crippen LogP contribution in [0.5, 0.6) is 0 Å². The zero-order valence-electron chi connectivity index (χ0n) is 8.74. The molecular formula is C11H14N2O. The van der Waals surface area contributed by atoms with Crippen molar-refractivity contribution in [2.24, 2.45) is 0 Å². The van der Waals surface area contributed by atoms with Gasteiger partial charge in [-0.2, -0.15) is 0 Å². The molecule has 2 rings (SSSR count). The van der Waals surface area contributed by atoms with Gasteiger partial charge in [-0.1, -0.05) is 13.8 Å². The maximum Gasteiger partial charge on any atom is 0.232 e. The number of hydrogen-bond donors (Lipinski definition) is 0. The maximum absolute atomic E-state index is 11.4. The summed E-state index contributed by atoms with van der Waals surface area (Å²) in [5.41, 5.74) is 3.06. The van der Waals surface area contributed by atoms with Crippen LogP contribution in [0.2, 0.25) is 0 Å². The minimum Gasteiger partial charge on any atom is -0.313 e. The molecule has 0 aromatic carbocycles. The second-order valence-electron chi connectivity index (χ2n) is 4.02. The lowest BCUT2D eigenvalue weighted by Crippen LogP contribution is -2.20. The van der Waals surface area contributed by atoms with E-state index in [9.17, 15) is 4.79 Å². The lowest BCUT2D eigenvalue weighted by Gasteiger charge is -2.12. The molecule has 1 aromatic heterocycles. The van der Waals surface area contributed by atoms with Gasteiger partial charge in [0.2, 0.25) is 5.91 Å². The molecule has 1 aromatic rings. The predicted octanol–water partition coefficient (Wildman–Crippen LogP) is 1.72. The maximum atomic E-state index is 11.4. The summed E-state index contributed by atoms with van der Waals surface area (Å²) in [6.07, 6.45) is 2.32. The van der Waals surface area contributed by atoms with Crippen molar-refractivity contribution in [2.75, 3.05) is 11.9 Å². The molecule has 74 valence electrons. The molecule has 0 fully saturated rings. The molecule has 1 amide bonds. The minimum atomic E-state index is 0.133. The number of nitrogens with zero attached hydrogens (tertiary/aromatic N) is 2. The van der Waals surface area contributed by atoms with Crippen LogP contribution in [0.3, 0.4) is 0 Å². The summed E-state index contributed by atoms with van der Waals surface area (Å²) in [6, 6.07) is 2.07. The van der Waals surface area contributed by atoms with Crippen LogP contribution in [-0.4, -0.2) is 17.9 Å². The summed E-state index contributed by atoms with van der Waals surface area (Å²) in [7, 11) is 1.81. The van der Waals surface area contributed by atoms with Crippen LogP contribution in [0, 0.1) is 0 Å². The van der Waals surface area contributed by atoms with Crippen molar-refractivity contribution in [1.82, 2.24) is 4.98 Å². The number of anilines is 1. The van der Waals surface area contributed by atoms with Gasteiger partial charge in [0.15, 0.2) is 0 Å². The Morgan fingerprint density at radius 2 is 2.21 bits per heavy atom. The Hall–Kier alpha value is -1.38. The number of pyridine rings is 1. The molecule has 1 aliphatic rings. The average molecular weight is 190 g/mol. The molecule has 0 saturated heterocycles. The summed E-state index contributed by atoms with van der Waals surface area (Å²) in [6.45, 7) is 4.25. The SMILES string of the molecule is CC(C)c1cnc2c(c1)N(C)C(=O)C2. The Kier molecular flexibility index (Phi) is 2.02. The topological polar surface area (TPSA) is 33.2 Å². The van der Waals surface area contributed by atoms with E-state index in [4.69, 9.17) is 0 Å². The molecule has 14 heavy (non-hydrogen) atoms. The molecule has 2 heterocycles. The molecule has 0 N–H and O–H groups in total. The fourth-order valence-corrected chi connectivity index (χ4v) is 1.64. The fourth-order valence-electron chi connectivity index (χ4n) is 1.64. The first-order valence-corrected chi connectivity index (χ1v) is 4.85. The summed E-state index contributed by atoms with van der Waals surface area (Å²) in [4.78, 5) is 17.4. The van der Waals surface area contributed by atoms with E-state index in [2.05, 4.69) is 24.9 Å². The molecule has 0 atom stereocenters. The Balaban J connectivity index is 2.46. The number of aromatic nitrogens is 1. The van der Waals surface area contributed by atoms with Crippen LogP contribution in [0.1, 0.15) is 31.0 Å². The van der Waals surface area contributed by atoms with Gasteiger partial charge in [-0.05, 0) is 17.5 Å². The standard InChI is InChI=1S/C11H14N2O/c1-7(2)8-4-10-9(12-6-8)5-11(14)13(10)3/h4,6-7H,5H2,1-3H3. The van der Waals surface area contributed by atoms with E-state index in [1.54, 1.807) is 11.9 Å². The summed E-state index contributed by atoms with van der Waals surface area (Å²) in [5.74, 6) is 0.588. The molecule has 0 aliphatic carbocycles. The number of fused-ring (bicyclic) bond motifs is 1. The zero-order valence-corrected chi connectivity index (χ0v) is 8.74. The largest absolute Gasteiger partial charge is 0.313 e. The van der Waals surface area contributed by atoms with E-state index in [1.165, 1.54) is 5.56 Å². The highest BCUT2D eigenvalue weighted by Gasteiger charge is 2.25. The minimum absolute atomic E-state index is 0.133. The monoisotopic (exact) mass is 190 g/mol. The molecule has 0 bridgehead atoms. The second kappa shape index (κ2) is 3.08. The summed E-state index contributed by atoms with van der Waals surface area (Å²) < 4.78 is 0. The lowest BCUT2D eigenvalue weighted by atomic mass is 10.0. The van der Waals surface area contributed by atoms with Gasteiger partial charge >= 0.3 is 0 Å². The number of rotatable bonds is 1. The molecule has 0 unspecified atom stereocenters. The summed E-state index contributed by atoms with van der Waals surface area (Å²) in [5, 5.41) is 0. The van der Waals surface area contributed by atoms with Gasteiger partial charge in [0.05, 0.1) is 17.8 Å². The average Bonchev–Trinajstić information content (AvgIpc) is 2.43. The zero-order chi connectivity index (χ0) is 10.3. The van der Waals surface area contributed by atoms with Gasteiger partial charge in [-0.25, -0.2) is 0 Å². The third-order valence-electron chi connectivity index (χ3n) is 2.69. The molecule has 1 aliphatic heterocycles. The van der Waals surface area contributed by atoms with Crippen molar-refractivity contribution in [2.45, 2.75) is 26.2 Å². The number of hydrogen-bond acceptors (Lipinski definition) is 2. The van der Waals surface area contributed by atoms with Crippen molar-refractivity contribution in [3.8, 4) is 0 Å². The number of amides is 1. The van der Waals surface area contributed by atoms with E-state index in [0.29, 0.717) is 12.3 Å². The van der Waals surface area contributed by atoms with Crippen molar-refractivity contribution >= 4 is 11.6 Å². The van der Waals surface area contributed by atoms with Crippen LogP contribution in [-0.2, 0) is 11.2 Å². The highest BCUT2D eigenvalue weighted by Crippen LogP contribution is 2.28. The van der Waals surface area contributed by atoms with Crippen molar-refractivity contribution in [3.05, 3.63) is 23.5 Å². The van der Waals surface area contributed by atoms with Crippen molar-refractivity contribution in [1.29, 1.82) is 0 Å². The Morgan fingerprint density at radius 1 is 1.50 bits per heavy atom. The first-order chi connectivity index (χ1) is 6.59. The van der Waals surface area contributed by atoms with Crippen LogP contribution in [0.4, 0.5) is 5.69 Å². The third kappa shape index (κ3) is 1.29. The van der Waals surface area contributed by atoms with Gasteiger partial charge in [-0.15, -0.1) is 0 Å². The van der Waals surface area contributed by atoms with Crippen molar-refractivity contribution in [3.63, 3.8) is 0 Å². The van der Waals surface area contributed by atoms with Crippen LogP contribution < -0.4 is 4.90 Å². The Bertz CT molecular complexity index is 385. The van der Waals surface area contributed by atoms with E-state index >= 15 is 0 Å². The van der Waals surface area contributed by atoms with E-state index in [0.717, 1.165) is 11.4 Å². The van der Waals surface area contributed by atoms with E-state index in [-0.39, 0.29) is 5.91 Å². The summed E-state index contributed by atoms with van der Waals surface area (Å²) >= 11 is 0. The van der Waals surface area contributed by atoms with Gasteiger partial charge in [0, 0.05) is 13.2 Å². The quantitative estimate of drug-likeness (QED) is 0.675. The molecule has 0 radical (unpaired) electrons. The first kappa shape index (κ1) is 9.19. The van der Waals surface area contributed by atoms with Gasteiger partial charge in [0.25, 0.3) is 0 Å². The fraction of sp³-hybridized carbons (Fsp3) is 0.455. The molecule has 0 saturated carbocycles. The molecule has 3 heteroatoms. The predicted molar refractivity (Wildman–Crippen MR) is 55.4 cm³/mol. The van der Waals surface area contributed by atoms with Gasteiger partial charge < -0.3 is 4.90 Å². The van der Waals surface area contributed by atoms with Gasteiger partial charge in [-0.3, -0.25) is 9.78 Å². The number of carbonyl (C=O) groups excluding carboxylic acids is 1. The number of likely N-dealkylation sites (N-methyl/N-ethyl adjacent to an activating group) is 1. The third-order valence-corrected chi connectivity index (χ3v) is 2.69. The Labute approximate surface area is 83.8 Å². The van der Waals surface area contributed by atoms with E-state index < -0.39 is 0 Å². The molecule has 3 nitrogen and oxygen atoms in total. The number of carbonyl (C=O) groups is 1.